The van der Waals surface area contributed by atoms with Gasteiger partial charge in [0.05, 0.1) is 25.6 Å². The van der Waals surface area contributed by atoms with Crippen LogP contribution in [0.5, 0.6) is 5.75 Å². The summed E-state index contributed by atoms with van der Waals surface area (Å²) in [6.07, 6.45) is 7.68. The van der Waals surface area contributed by atoms with E-state index in [-0.39, 0.29) is 0 Å². The van der Waals surface area contributed by atoms with Gasteiger partial charge in [-0.1, -0.05) is 19.1 Å². The zero-order chi connectivity index (χ0) is 15.9. The van der Waals surface area contributed by atoms with E-state index >= 15 is 0 Å². The second-order valence-electron chi connectivity index (χ2n) is 4.99. The summed E-state index contributed by atoms with van der Waals surface area (Å²) in [7, 11) is 3.34. The van der Waals surface area contributed by atoms with Crippen molar-refractivity contribution in [2.45, 2.75) is 26.7 Å². The molecule has 0 fully saturated rings. The molecule has 0 amide bonds. The fraction of sp³-hybridized carbons (Fsp3) is 0.333. The summed E-state index contributed by atoms with van der Waals surface area (Å²) in [5.74, 6) is 1.68. The van der Waals surface area contributed by atoms with Crippen molar-refractivity contribution in [1.82, 2.24) is 10.2 Å². The van der Waals surface area contributed by atoms with Crippen LogP contribution in [0.25, 0.3) is 10.8 Å². The van der Waals surface area contributed by atoms with E-state index in [1.54, 1.807) is 14.2 Å². The third-order valence-electron chi connectivity index (χ3n) is 3.51. The van der Waals surface area contributed by atoms with E-state index in [1.807, 2.05) is 37.3 Å². The number of aromatic nitrogens is 2. The molecule has 2 aromatic rings. The molecule has 1 aromatic heterocycles. The molecule has 0 saturated heterocycles. The fourth-order valence-electron chi connectivity index (χ4n) is 2.25. The molecule has 0 spiro atoms. The van der Waals surface area contributed by atoms with Crippen molar-refractivity contribution in [3.05, 3.63) is 53.6 Å². The van der Waals surface area contributed by atoms with Crippen LogP contribution in [-0.2, 0) is 11.2 Å². The monoisotopic (exact) mass is 298 g/mol. The molecule has 0 aliphatic rings. The van der Waals surface area contributed by atoms with Crippen molar-refractivity contribution in [3.63, 3.8) is 0 Å². The number of allylic oxidation sites excluding steroid dienone is 4. The van der Waals surface area contributed by atoms with Crippen molar-refractivity contribution in [1.29, 1.82) is 0 Å². The number of hydrogen-bond acceptors (Lipinski definition) is 4. The first kappa shape index (κ1) is 16.0. The van der Waals surface area contributed by atoms with Crippen LogP contribution in [0.1, 0.15) is 24.7 Å². The summed E-state index contributed by atoms with van der Waals surface area (Å²) in [6, 6.07) is 5.97. The van der Waals surface area contributed by atoms with Crippen molar-refractivity contribution in [2.75, 3.05) is 14.2 Å². The van der Waals surface area contributed by atoms with Gasteiger partial charge < -0.3 is 9.47 Å². The summed E-state index contributed by atoms with van der Waals surface area (Å²) >= 11 is 0. The zero-order valence-corrected chi connectivity index (χ0v) is 13.6. The second kappa shape index (κ2) is 7.59. The zero-order valence-electron chi connectivity index (χ0n) is 13.6. The molecule has 0 unspecified atom stereocenters. The van der Waals surface area contributed by atoms with Crippen LogP contribution >= 0.6 is 0 Å². The summed E-state index contributed by atoms with van der Waals surface area (Å²) in [6.45, 7) is 4.05. The molecule has 4 heteroatoms. The molecule has 116 valence electrons. The van der Waals surface area contributed by atoms with Crippen molar-refractivity contribution in [2.24, 2.45) is 0 Å². The highest BCUT2D eigenvalue weighted by Gasteiger charge is 2.10. The molecule has 0 radical (unpaired) electrons. The van der Waals surface area contributed by atoms with E-state index in [0.29, 0.717) is 6.42 Å². The largest absolute Gasteiger partial charge is 0.501 e. The minimum Gasteiger partial charge on any atom is -0.501 e. The number of nitrogens with zero attached hydrogens (tertiary/aromatic N) is 2. The number of aryl methyl sites for hydroxylation is 1. The lowest BCUT2D eigenvalue weighted by molar-refractivity contribution is 0.282. The van der Waals surface area contributed by atoms with E-state index in [9.17, 15) is 0 Å². The molecular weight excluding hydrogens is 276 g/mol. The predicted molar refractivity (Wildman–Crippen MR) is 89.1 cm³/mol. The fourth-order valence-corrected chi connectivity index (χ4v) is 2.25. The maximum atomic E-state index is 5.44. The average molecular weight is 298 g/mol. The lowest BCUT2D eigenvalue weighted by Crippen LogP contribution is -2.01. The van der Waals surface area contributed by atoms with Gasteiger partial charge in [-0.05, 0) is 37.6 Å². The van der Waals surface area contributed by atoms with Crippen molar-refractivity contribution < 1.29 is 9.47 Å². The molecule has 1 aromatic carbocycles. The van der Waals surface area contributed by atoms with Crippen LogP contribution in [0.3, 0.4) is 0 Å². The molecule has 0 aliphatic heterocycles. The molecule has 0 N–H and O–H groups in total. The van der Waals surface area contributed by atoms with Crippen LogP contribution in [-0.4, -0.2) is 24.4 Å². The number of rotatable bonds is 6. The highest BCUT2D eigenvalue weighted by molar-refractivity contribution is 5.87. The van der Waals surface area contributed by atoms with E-state index in [0.717, 1.165) is 40.1 Å². The molecule has 1 heterocycles. The Bertz CT molecular complexity index is 706. The van der Waals surface area contributed by atoms with Crippen LogP contribution in [0.15, 0.2) is 42.2 Å². The number of methoxy groups -OCH3 is 2. The van der Waals surface area contributed by atoms with Gasteiger partial charge in [0.2, 0.25) is 0 Å². The average Bonchev–Trinajstić information content (AvgIpc) is 2.56. The lowest BCUT2D eigenvalue weighted by atomic mass is 10.1. The molecule has 4 nitrogen and oxygen atoms in total. The Hall–Kier alpha value is -2.36. The summed E-state index contributed by atoms with van der Waals surface area (Å²) in [5, 5.41) is 10.7. The predicted octanol–water partition coefficient (Wildman–Crippen LogP) is 3.99. The van der Waals surface area contributed by atoms with Gasteiger partial charge in [0.1, 0.15) is 11.5 Å². The van der Waals surface area contributed by atoms with Gasteiger partial charge in [-0.2, -0.15) is 10.2 Å². The Balaban J connectivity index is 2.41. The standard InChI is InChI=1S/C18H22N2O2/c1-5-6-7-8-14(21-3)12-18-16-10-9-15(22-4)11-17(16)13(2)19-20-18/h6-11H,5,12H2,1-4H3/b7-6-,14-8+. The first-order valence-electron chi connectivity index (χ1n) is 7.39. The number of ether oxygens (including phenoxy) is 2. The summed E-state index contributed by atoms with van der Waals surface area (Å²) in [4.78, 5) is 0. The molecule has 0 aliphatic carbocycles. The van der Waals surface area contributed by atoms with Crippen LogP contribution in [0.4, 0.5) is 0 Å². The molecule has 22 heavy (non-hydrogen) atoms. The lowest BCUT2D eigenvalue weighted by Gasteiger charge is -2.10. The molecular formula is C18H22N2O2. The molecule has 0 saturated carbocycles. The van der Waals surface area contributed by atoms with Gasteiger partial charge in [0, 0.05) is 17.2 Å². The normalized spacial score (nSPS) is 12.1. The molecule has 2 rings (SSSR count). The summed E-state index contributed by atoms with van der Waals surface area (Å²) < 4.78 is 10.7. The third kappa shape index (κ3) is 3.64. The van der Waals surface area contributed by atoms with Gasteiger partial charge in [-0.25, -0.2) is 0 Å². The van der Waals surface area contributed by atoms with Crippen LogP contribution in [0, 0.1) is 6.92 Å². The minimum atomic E-state index is 0.612. The van der Waals surface area contributed by atoms with E-state index in [1.165, 1.54) is 0 Å². The van der Waals surface area contributed by atoms with Gasteiger partial charge in [0.25, 0.3) is 0 Å². The maximum absolute atomic E-state index is 5.44. The molecule has 0 atom stereocenters. The highest BCUT2D eigenvalue weighted by Crippen LogP contribution is 2.25. The summed E-state index contributed by atoms with van der Waals surface area (Å²) in [5.41, 5.74) is 1.80. The SMILES string of the molecule is CC/C=C\C=C(/Cc1nnc(C)c2cc(OC)ccc12)OC. The Morgan fingerprint density at radius 1 is 1.18 bits per heavy atom. The Morgan fingerprint density at radius 2 is 2.00 bits per heavy atom. The van der Waals surface area contributed by atoms with Crippen molar-refractivity contribution in [3.8, 4) is 5.75 Å². The number of fused-ring (bicyclic) bond motifs is 1. The van der Waals surface area contributed by atoms with Gasteiger partial charge in [0.15, 0.2) is 0 Å². The maximum Gasteiger partial charge on any atom is 0.119 e. The van der Waals surface area contributed by atoms with Gasteiger partial charge >= 0.3 is 0 Å². The Labute approximate surface area is 131 Å². The smallest absolute Gasteiger partial charge is 0.119 e. The van der Waals surface area contributed by atoms with Gasteiger partial charge in [-0.15, -0.1) is 0 Å². The minimum absolute atomic E-state index is 0.612. The first-order valence-corrected chi connectivity index (χ1v) is 7.39. The van der Waals surface area contributed by atoms with E-state index in [2.05, 4.69) is 23.2 Å². The van der Waals surface area contributed by atoms with Crippen molar-refractivity contribution >= 4 is 10.8 Å². The van der Waals surface area contributed by atoms with Crippen LogP contribution in [0.2, 0.25) is 0 Å². The van der Waals surface area contributed by atoms with Crippen LogP contribution < -0.4 is 4.74 Å². The topological polar surface area (TPSA) is 44.2 Å². The van der Waals surface area contributed by atoms with Gasteiger partial charge in [-0.3, -0.25) is 0 Å². The third-order valence-corrected chi connectivity index (χ3v) is 3.51. The number of benzene rings is 1. The van der Waals surface area contributed by atoms with E-state index in [4.69, 9.17) is 9.47 Å². The Kier molecular flexibility index (Phi) is 5.53. The quantitative estimate of drug-likeness (QED) is 0.597. The Morgan fingerprint density at radius 3 is 2.68 bits per heavy atom. The molecule has 0 bridgehead atoms. The second-order valence-corrected chi connectivity index (χ2v) is 4.99. The van der Waals surface area contributed by atoms with E-state index < -0.39 is 0 Å². The first-order chi connectivity index (χ1) is 10.7. The number of hydrogen-bond donors (Lipinski definition) is 0. The highest BCUT2D eigenvalue weighted by atomic mass is 16.5.